The van der Waals surface area contributed by atoms with Gasteiger partial charge in [-0.2, -0.15) is 0 Å². The summed E-state index contributed by atoms with van der Waals surface area (Å²) in [6.45, 7) is 4.58. The van der Waals surface area contributed by atoms with E-state index in [1.165, 1.54) is 0 Å². The van der Waals surface area contributed by atoms with Crippen LogP contribution in [0.1, 0.15) is 46.5 Å². The van der Waals surface area contributed by atoms with Crippen LogP contribution in [0.25, 0.3) is 0 Å². The van der Waals surface area contributed by atoms with Gasteiger partial charge in [0.1, 0.15) is 0 Å². The van der Waals surface area contributed by atoms with E-state index in [0.29, 0.717) is 12.8 Å². The van der Waals surface area contributed by atoms with Crippen molar-refractivity contribution in [3.05, 3.63) is 0 Å². The van der Waals surface area contributed by atoms with Gasteiger partial charge in [-0.15, -0.1) is 0 Å². The zero-order chi connectivity index (χ0) is 13.6. The quantitative estimate of drug-likeness (QED) is 0.540. The maximum Gasteiger partial charge on any atom is 4.00 e. The molecule has 0 N–H and O–H groups in total. The first-order valence-electron chi connectivity index (χ1n) is 4.85. The van der Waals surface area contributed by atoms with Gasteiger partial charge in [0.25, 0.3) is 0 Å². The van der Waals surface area contributed by atoms with Crippen LogP contribution in [0.4, 0.5) is 0 Å². The van der Waals surface area contributed by atoms with Crippen molar-refractivity contribution in [2.24, 2.45) is 0 Å². The van der Waals surface area contributed by atoms with E-state index in [1.807, 2.05) is 0 Å². The molecule has 96 valence electrons. The predicted octanol–water partition coefficient (Wildman–Crippen LogP) is -2.17. The van der Waals surface area contributed by atoms with Crippen LogP contribution >= 0.6 is 0 Å². The molecule has 0 aliphatic heterocycles. The van der Waals surface area contributed by atoms with Crippen molar-refractivity contribution in [2.75, 3.05) is 0 Å². The van der Waals surface area contributed by atoms with Crippen LogP contribution in [0.5, 0.6) is 0 Å². The first-order chi connectivity index (χ1) is 7.27. The molecule has 0 aliphatic carbocycles. The maximum atomic E-state index is 9.49. The van der Waals surface area contributed by atoms with Gasteiger partial charge in [0, 0.05) is 17.9 Å². The molecule has 17 heavy (non-hydrogen) atoms. The van der Waals surface area contributed by atoms with E-state index in [9.17, 15) is 19.8 Å². The summed E-state index contributed by atoms with van der Waals surface area (Å²) in [5.74, 6) is -3.00. The summed E-state index contributed by atoms with van der Waals surface area (Å²) in [6, 6.07) is 0. The molecular weight excluding hydrogens is 264 g/mol. The van der Waals surface area contributed by atoms with Crippen LogP contribution in [-0.4, -0.2) is 17.9 Å². The smallest absolute Gasteiger partial charge is 0.550 e. The van der Waals surface area contributed by atoms with Crippen LogP contribution < -0.4 is 15.3 Å². The zero-order valence-corrected chi connectivity index (χ0v) is 11.8. The summed E-state index contributed by atoms with van der Waals surface area (Å²) in [5, 5.41) is 27.9. The molecule has 0 aromatic carbocycles. The molecule has 0 aliphatic rings. The summed E-state index contributed by atoms with van der Waals surface area (Å²) >= 11 is 0. The van der Waals surface area contributed by atoms with E-state index in [0.717, 1.165) is 6.92 Å². The molecule has 0 radical (unpaired) electrons. The fourth-order valence-electron chi connectivity index (χ4n) is 0.408. The van der Waals surface area contributed by atoms with Crippen LogP contribution in [0.2, 0.25) is 0 Å². The Labute approximate surface area is 116 Å². The van der Waals surface area contributed by atoms with Gasteiger partial charge in [-0.1, -0.05) is 26.7 Å². The molecule has 0 atom stereocenters. The van der Waals surface area contributed by atoms with Gasteiger partial charge >= 0.3 is 21.7 Å². The molecule has 0 unspecified atom stereocenters. The van der Waals surface area contributed by atoms with E-state index in [4.69, 9.17) is 9.90 Å². The first kappa shape index (κ1) is 25.1. The summed E-state index contributed by atoms with van der Waals surface area (Å²) in [6.07, 6.45) is 1.70. The first-order valence-corrected chi connectivity index (χ1v) is 4.85. The molecular formula is C10H17O6Ti+. The fraction of sp³-hybridized carbons (Fsp3) is 0.700. The van der Waals surface area contributed by atoms with Gasteiger partial charge in [-0.25, -0.2) is 0 Å². The maximum absolute atomic E-state index is 9.49. The molecule has 6 nitrogen and oxygen atoms in total. The number of carboxylic acid groups (broad SMARTS) is 3. The molecule has 0 aromatic rings. The second-order valence-electron chi connectivity index (χ2n) is 2.74. The molecule has 0 bridgehead atoms. The molecule has 0 saturated heterocycles. The van der Waals surface area contributed by atoms with Crippen LogP contribution in [0, 0.1) is 0 Å². The van der Waals surface area contributed by atoms with E-state index < -0.39 is 17.9 Å². The van der Waals surface area contributed by atoms with Gasteiger partial charge in [0.2, 0.25) is 0 Å². The number of aliphatic carboxylic acids is 3. The summed E-state index contributed by atoms with van der Waals surface area (Å²) in [4.78, 5) is 27.9. The van der Waals surface area contributed by atoms with Crippen molar-refractivity contribution in [3.63, 3.8) is 0 Å². The number of hydrogen-bond acceptors (Lipinski definition) is 6. The average molecular weight is 281 g/mol. The van der Waals surface area contributed by atoms with Crippen molar-refractivity contribution in [2.45, 2.75) is 46.5 Å². The van der Waals surface area contributed by atoms with E-state index >= 15 is 0 Å². The number of rotatable bonds is 4. The topological polar surface area (TPSA) is 120 Å². The van der Waals surface area contributed by atoms with Crippen LogP contribution in [0.15, 0.2) is 0 Å². The second-order valence-corrected chi connectivity index (χ2v) is 2.74. The zero-order valence-electron chi connectivity index (χ0n) is 10.3. The molecule has 0 saturated carbocycles. The second kappa shape index (κ2) is 20.5. The number of carbonyl (C=O) groups is 3. The molecule has 0 amide bonds. The minimum Gasteiger partial charge on any atom is -0.550 e. The van der Waals surface area contributed by atoms with Crippen molar-refractivity contribution in [3.8, 4) is 0 Å². The summed E-state index contributed by atoms with van der Waals surface area (Å²) in [7, 11) is 0. The standard InChI is InChI=1S/2C4H8O2.C2H4O2.Ti/c2*1-2-3-4(5)6;1-2(3)4;/h2*2-3H2,1H3,(H,5,6);1H3,(H,3,4);/q;;;+4/p-3. The molecule has 7 heteroatoms. The Balaban J connectivity index is -0.0000000741. The van der Waals surface area contributed by atoms with E-state index in [-0.39, 0.29) is 34.6 Å². The molecule has 0 fully saturated rings. The van der Waals surface area contributed by atoms with E-state index in [1.54, 1.807) is 13.8 Å². The van der Waals surface area contributed by atoms with E-state index in [2.05, 4.69) is 0 Å². The molecule has 0 aromatic heterocycles. The number of hydrogen-bond donors (Lipinski definition) is 0. The Morgan fingerprint density at radius 3 is 1.00 bits per heavy atom. The Morgan fingerprint density at radius 2 is 1.00 bits per heavy atom. The van der Waals surface area contributed by atoms with Crippen molar-refractivity contribution in [1.82, 2.24) is 0 Å². The predicted molar refractivity (Wildman–Crippen MR) is 50.5 cm³/mol. The third-order valence-corrected chi connectivity index (χ3v) is 0.908. The Bertz CT molecular complexity index is 185. The minimum absolute atomic E-state index is 0. The van der Waals surface area contributed by atoms with Gasteiger partial charge in [-0.05, 0) is 19.8 Å². The normalized spacial score (nSPS) is 7.24. The molecule has 0 heterocycles. The number of carboxylic acids is 3. The summed E-state index contributed by atoms with van der Waals surface area (Å²) in [5.41, 5.74) is 0. The fourth-order valence-corrected chi connectivity index (χ4v) is 0.408. The largest absolute Gasteiger partial charge is 4.00 e. The average Bonchev–Trinajstić information content (AvgIpc) is 2.02. The third-order valence-electron chi connectivity index (χ3n) is 0.908. The van der Waals surface area contributed by atoms with Crippen LogP contribution in [0.3, 0.4) is 0 Å². The van der Waals surface area contributed by atoms with Crippen molar-refractivity contribution >= 4 is 17.9 Å². The number of carbonyl (C=O) groups excluding carboxylic acids is 3. The monoisotopic (exact) mass is 281 g/mol. The Kier molecular flexibility index (Phi) is 30.3. The SMILES string of the molecule is CC(=O)[O-].CCCC(=O)[O-].CCCC(=O)[O-].[Ti+4]. The minimum atomic E-state index is -1.08. The Hall–Kier alpha value is -0.876. The molecule has 0 rings (SSSR count). The Morgan fingerprint density at radius 1 is 0.824 bits per heavy atom. The van der Waals surface area contributed by atoms with Gasteiger partial charge < -0.3 is 29.7 Å². The van der Waals surface area contributed by atoms with Gasteiger partial charge in [-0.3, -0.25) is 0 Å². The van der Waals surface area contributed by atoms with Crippen molar-refractivity contribution < 1.29 is 51.4 Å². The molecule has 0 spiro atoms. The summed E-state index contributed by atoms with van der Waals surface area (Å²) < 4.78 is 0. The van der Waals surface area contributed by atoms with Crippen molar-refractivity contribution in [1.29, 1.82) is 0 Å². The van der Waals surface area contributed by atoms with Gasteiger partial charge in [0.15, 0.2) is 0 Å². The van der Waals surface area contributed by atoms with Gasteiger partial charge in [0.05, 0.1) is 0 Å². The third kappa shape index (κ3) is 99.2. The van der Waals surface area contributed by atoms with Crippen LogP contribution in [-0.2, 0) is 36.1 Å².